The molecule has 0 spiro atoms. The van der Waals surface area contributed by atoms with Gasteiger partial charge in [-0.1, -0.05) is 37.1 Å². The van der Waals surface area contributed by atoms with E-state index in [9.17, 15) is 5.11 Å². The van der Waals surface area contributed by atoms with Crippen LogP contribution in [0.4, 0.5) is 11.8 Å². The Morgan fingerprint density at radius 1 is 0.972 bits per heavy atom. The summed E-state index contributed by atoms with van der Waals surface area (Å²) in [6, 6.07) is 10.9. The van der Waals surface area contributed by atoms with Gasteiger partial charge in [0.2, 0.25) is 5.95 Å². The van der Waals surface area contributed by atoms with Crippen LogP contribution >= 0.6 is 0 Å². The lowest BCUT2D eigenvalue weighted by atomic mass is 10.1. The van der Waals surface area contributed by atoms with Gasteiger partial charge in [-0.05, 0) is 30.0 Å². The minimum absolute atomic E-state index is 0.195. The molecule has 2 aliphatic rings. The molecule has 9 nitrogen and oxygen atoms in total. The molecule has 0 bridgehead atoms. The van der Waals surface area contributed by atoms with E-state index in [0.29, 0.717) is 19.1 Å². The number of rotatable bonds is 8. The molecule has 0 unspecified atom stereocenters. The van der Waals surface area contributed by atoms with Crippen LogP contribution in [0.1, 0.15) is 37.3 Å². The van der Waals surface area contributed by atoms with E-state index in [1.165, 1.54) is 31.2 Å². The Morgan fingerprint density at radius 3 is 2.50 bits per heavy atom. The molecule has 36 heavy (non-hydrogen) atoms. The number of hydrogen-bond donors (Lipinski definition) is 2. The van der Waals surface area contributed by atoms with E-state index in [2.05, 4.69) is 43.9 Å². The molecule has 4 aromatic rings. The van der Waals surface area contributed by atoms with Gasteiger partial charge in [0.05, 0.1) is 25.5 Å². The van der Waals surface area contributed by atoms with Crippen LogP contribution in [0.15, 0.2) is 53.6 Å². The second-order valence-corrected chi connectivity index (χ2v) is 9.75. The number of fused-ring (bicyclic) bond motifs is 1. The van der Waals surface area contributed by atoms with Gasteiger partial charge in [-0.25, -0.2) is 4.98 Å². The SMILES string of the molecule is OCCN1CCN(c2nc(NCc3ccc(-c4ccoc4)cc3)c3ncn(C4CCCC4)c3n2)CC1. The van der Waals surface area contributed by atoms with Crippen LogP contribution in [0.25, 0.3) is 22.3 Å². The Bertz CT molecular complexity index is 1270. The molecular formula is C27H33N7O2. The number of aliphatic hydroxyl groups is 1. The van der Waals surface area contributed by atoms with Crippen LogP contribution in [-0.4, -0.2) is 68.9 Å². The van der Waals surface area contributed by atoms with Gasteiger partial charge in [-0.2, -0.15) is 9.97 Å². The standard InChI is InChI=1S/C27H33N7O2/c35-15-14-32-10-12-33(13-11-32)27-30-25(24-26(31-27)34(19-29-24)23-3-1-2-4-23)28-17-20-5-7-21(8-6-20)22-9-16-36-18-22/h5-9,16,18-19,23,35H,1-4,10-15,17H2,(H,28,30,31). The summed E-state index contributed by atoms with van der Waals surface area (Å²) >= 11 is 0. The van der Waals surface area contributed by atoms with Gasteiger partial charge in [0, 0.05) is 50.9 Å². The molecule has 3 aromatic heterocycles. The number of hydrogen-bond acceptors (Lipinski definition) is 8. The quantitative estimate of drug-likeness (QED) is 0.386. The molecule has 1 saturated heterocycles. The number of imidazole rings is 1. The zero-order valence-corrected chi connectivity index (χ0v) is 20.5. The minimum Gasteiger partial charge on any atom is -0.472 e. The molecule has 2 N–H and O–H groups in total. The molecule has 2 fully saturated rings. The van der Waals surface area contributed by atoms with Crippen molar-refractivity contribution in [1.29, 1.82) is 0 Å². The van der Waals surface area contributed by atoms with Crippen LogP contribution in [0.2, 0.25) is 0 Å². The van der Waals surface area contributed by atoms with E-state index >= 15 is 0 Å². The molecule has 1 saturated carbocycles. The maximum atomic E-state index is 9.28. The molecule has 0 amide bonds. The van der Waals surface area contributed by atoms with Gasteiger partial charge in [0.25, 0.3) is 0 Å². The van der Waals surface area contributed by atoms with E-state index in [1.807, 2.05) is 12.4 Å². The van der Waals surface area contributed by atoms with E-state index in [4.69, 9.17) is 19.4 Å². The molecule has 0 atom stereocenters. The first-order valence-corrected chi connectivity index (χ1v) is 13.0. The summed E-state index contributed by atoms with van der Waals surface area (Å²) in [5.74, 6) is 1.53. The van der Waals surface area contributed by atoms with Crippen molar-refractivity contribution in [2.45, 2.75) is 38.3 Å². The molecular weight excluding hydrogens is 454 g/mol. The van der Waals surface area contributed by atoms with E-state index in [0.717, 1.165) is 60.2 Å². The number of nitrogens with zero attached hydrogens (tertiary/aromatic N) is 6. The van der Waals surface area contributed by atoms with Crippen molar-refractivity contribution in [2.24, 2.45) is 0 Å². The Kier molecular flexibility index (Phi) is 6.57. The van der Waals surface area contributed by atoms with Crippen LogP contribution in [0.3, 0.4) is 0 Å². The van der Waals surface area contributed by atoms with Gasteiger partial charge < -0.3 is 24.3 Å². The summed E-state index contributed by atoms with van der Waals surface area (Å²) in [4.78, 5) is 19.3. The predicted octanol–water partition coefficient (Wildman–Crippen LogP) is 3.93. The fourth-order valence-corrected chi connectivity index (χ4v) is 5.36. The predicted molar refractivity (Wildman–Crippen MR) is 140 cm³/mol. The molecule has 1 aliphatic carbocycles. The fourth-order valence-electron chi connectivity index (χ4n) is 5.36. The highest BCUT2D eigenvalue weighted by Gasteiger charge is 2.24. The van der Waals surface area contributed by atoms with Gasteiger partial charge in [-0.3, -0.25) is 4.90 Å². The lowest BCUT2D eigenvalue weighted by Crippen LogP contribution is -2.47. The summed E-state index contributed by atoms with van der Waals surface area (Å²) in [7, 11) is 0. The number of β-amino-alcohol motifs (C(OH)–C–C–N with tert-alkyl or cyclic N) is 1. The van der Waals surface area contributed by atoms with Crippen LogP contribution in [-0.2, 0) is 6.54 Å². The zero-order chi connectivity index (χ0) is 24.3. The molecule has 1 aromatic carbocycles. The third-order valence-electron chi connectivity index (χ3n) is 7.47. The van der Waals surface area contributed by atoms with E-state index < -0.39 is 0 Å². The Hall–Kier alpha value is -3.43. The first-order valence-electron chi connectivity index (χ1n) is 13.0. The summed E-state index contributed by atoms with van der Waals surface area (Å²) in [6.07, 6.45) is 10.3. The van der Waals surface area contributed by atoms with Gasteiger partial charge >= 0.3 is 0 Å². The van der Waals surface area contributed by atoms with Gasteiger partial charge in [0.1, 0.15) is 0 Å². The number of aromatic nitrogens is 4. The van der Waals surface area contributed by atoms with Crippen molar-refractivity contribution in [3.63, 3.8) is 0 Å². The van der Waals surface area contributed by atoms with E-state index in [1.54, 1.807) is 12.5 Å². The number of nitrogens with one attached hydrogen (secondary N) is 1. The molecule has 6 rings (SSSR count). The van der Waals surface area contributed by atoms with Crippen molar-refractivity contribution in [3.05, 3.63) is 54.7 Å². The van der Waals surface area contributed by atoms with Gasteiger partial charge in [-0.15, -0.1) is 0 Å². The number of anilines is 2. The topological polar surface area (TPSA) is 95.5 Å². The molecule has 9 heteroatoms. The van der Waals surface area contributed by atoms with Crippen molar-refractivity contribution in [1.82, 2.24) is 24.4 Å². The lowest BCUT2D eigenvalue weighted by Gasteiger charge is -2.34. The van der Waals surface area contributed by atoms with Crippen molar-refractivity contribution in [2.75, 3.05) is 49.5 Å². The number of aliphatic hydroxyl groups excluding tert-OH is 1. The number of piperazine rings is 1. The Morgan fingerprint density at radius 2 is 1.78 bits per heavy atom. The maximum Gasteiger partial charge on any atom is 0.229 e. The monoisotopic (exact) mass is 487 g/mol. The van der Waals surface area contributed by atoms with E-state index in [-0.39, 0.29) is 6.61 Å². The smallest absolute Gasteiger partial charge is 0.229 e. The third-order valence-corrected chi connectivity index (χ3v) is 7.47. The number of benzene rings is 1. The molecule has 4 heterocycles. The number of furan rings is 1. The zero-order valence-electron chi connectivity index (χ0n) is 20.5. The van der Waals surface area contributed by atoms with Crippen molar-refractivity contribution in [3.8, 4) is 11.1 Å². The molecule has 188 valence electrons. The molecule has 0 radical (unpaired) electrons. The maximum absolute atomic E-state index is 9.28. The largest absolute Gasteiger partial charge is 0.472 e. The highest BCUT2D eigenvalue weighted by Crippen LogP contribution is 2.33. The van der Waals surface area contributed by atoms with Crippen molar-refractivity contribution >= 4 is 22.9 Å². The minimum atomic E-state index is 0.195. The normalized spacial score (nSPS) is 17.3. The van der Waals surface area contributed by atoms with Crippen LogP contribution < -0.4 is 10.2 Å². The highest BCUT2D eigenvalue weighted by molar-refractivity contribution is 5.84. The highest BCUT2D eigenvalue weighted by atomic mass is 16.3. The summed E-state index contributed by atoms with van der Waals surface area (Å²) < 4.78 is 7.47. The van der Waals surface area contributed by atoms with Crippen LogP contribution in [0.5, 0.6) is 0 Å². The average molecular weight is 488 g/mol. The lowest BCUT2D eigenvalue weighted by molar-refractivity contribution is 0.188. The Labute approximate surface area is 210 Å². The average Bonchev–Trinajstić information content (AvgIpc) is 3.70. The second kappa shape index (κ2) is 10.3. The fraction of sp³-hybridized carbons (Fsp3) is 0.444. The summed E-state index contributed by atoms with van der Waals surface area (Å²) in [6.45, 7) is 5.05. The second-order valence-electron chi connectivity index (χ2n) is 9.75. The molecule has 1 aliphatic heterocycles. The Balaban J connectivity index is 1.26. The van der Waals surface area contributed by atoms with Crippen LogP contribution in [0, 0.1) is 0 Å². The van der Waals surface area contributed by atoms with Gasteiger partial charge in [0.15, 0.2) is 17.0 Å². The summed E-state index contributed by atoms with van der Waals surface area (Å²) in [5.41, 5.74) is 5.13. The first kappa shape index (κ1) is 23.0. The van der Waals surface area contributed by atoms with Crippen molar-refractivity contribution < 1.29 is 9.52 Å². The summed E-state index contributed by atoms with van der Waals surface area (Å²) in [5, 5.41) is 12.8. The third kappa shape index (κ3) is 4.68. The first-order chi connectivity index (χ1) is 17.8.